The summed E-state index contributed by atoms with van der Waals surface area (Å²) >= 11 is 0. The van der Waals surface area contributed by atoms with Crippen LogP contribution in [0.25, 0.3) is 0 Å². The lowest BCUT2D eigenvalue weighted by molar-refractivity contribution is 0.430. The Bertz CT molecular complexity index is 222. The van der Waals surface area contributed by atoms with Crippen molar-refractivity contribution in [3.63, 3.8) is 0 Å². The summed E-state index contributed by atoms with van der Waals surface area (Å²) in [7, 11) is 0. The highest BCUT2D eigenvalue weighted by atomic mass is 15.6. The number of hydrogen-bond donors (Lipinski definition) is 0. The van der Waals surface area contributed by atoms with Gasteiger partial charge in [-0.05, 0) is 16.4 Å². The summed E-state index contributed by atoms with van der Waals surface area (Å²) in [5.41, 5.74) is -1.02. The van der Waals surface area contributed by atoms with E-state index in [-0.39, 0.29) is 0 Å². The van der Waals surface area contributed by atoms with Crippen LogP contribution in [0.1, 0.15) is 20.3 Å². The third-order valence-electron chi connectivity index (χ3n) is 1.33. The fourth-order valence-electron chi connectivity index (χ4n) is 0.949. The maximum Gasteiger partial charge on any atom is 0.279 e. The molecule has 0 unspecified atom stereocenters. The fraction of sp³-hybridized carbons (Fsp3) is 0.833. The maximum atomic E-state index is 8.71. The molecule has 0 aliphatic carbocycles. The second kappa shape index (κ2) is 2.74. The molecule has 0 aromatic rings. The van der Waals surface area contributed by atoms with Crippen LogP contribution < -0.4 is 0 Å². The van der Waals surface area contributed by atoms with E-state index in [1.807, 2.05) is 19.9 Å². The molecule has 0 spiro atoms. The third-order valence-corrected chi connectivity index (χ3v) is 1.33. The monoisotopic (exact) mass is 151 g/mol. The molecule has 0 N–H and O–H groups in total. The van der Waals surface area contributed by atoms with E-state index < -0.39 is 5.66 Å². The minimum absolute atomic E-state index is 0.366. The molecule has 11 heavy (non-hydrogen) atoms. The Balaban J connectivity index is 2.72. The second-order valence-electron chi connectivity index (χ2n) is 2.91. The van der Waals surface area contributed by atoms with Crippen molar-refractivity contribution in [2.75, 3.05) is 0 Å². The predicted octanol–water partition coefficient (Wildman–Crippen LogP) is 2.09. The summed E-state index contributed by atoms with van der Waals surface area (Å²) in [6, 6.07) is 1.99. The average molecular weight is 151 g/mol. The van der Waals surface area contributed by atoms with Crippen molar-refractivity contribution < 1.29 is 0 Å². The van der Waals surface area contributed by atoms with E-state index in [1.165, 1.54) is 0 Å². The van der Waals surface area contributed by atoms with Crippen LogP contribution in [0.5, 0.6) is 0 Å². The van der Waals surface area contributed by atoms with Crippen molar-refractivity contribution in [1.82, 2.24) is 0 Å². The third kappa shape index (κ3) is 1.58. The molecular formula is C6H9N5. The molecule has 0 saturated heterocycles. The highest BCUT2D eigenvalue weighted by Gasteiger charge is 2.33. The summed E-state index contributed by atoms with van der Waals surface area (Å²) < 4.78 is 0. The minimum Gasteiger partial charge on any atom is -0.193 e. The van der Waals surface area contributed by atoms with Crippen LogP contribution in [0.3, 0.4) is 0 Å². The lowest BCUT2D eigenvalue weighted by Gasteiger charge is -2.11. The van der Waals surface area contributed by atoms with Crippen LogP contribution in [0.4, 0.5) is 0 Å². The number of nitriles is 1. The van der Waals surface area contributed by atoms with Crippen molar-refractivity contribution in [2.45, 2.75) is 25.9 Å². The van der Waals surface area contributed by atoms with Crippen molar-refractivity contribution in [2.24, 2.45) is 26.6 Å². The Morgan fingerprint density at radius 1 is 1.36 bits per heavy atom. The highest BCUT2D eigenvalue weighted by molar-refractivity contribution is 5.05. The molecule has 0 aromatic heterocycles. The molecule has 0 bridgehead atoms. The standard InChI is InChI=1S/C6H9N5/c1-5(2)3-6(4-7)8-10-11-9-6/h5H,3H2,1-2H3. The summed E-state index contributed by atoms with van der Waals surface area (Å²) in [4.78, 5) is 0. The van der Waals surface area contributed by atoms with Crippen molar-refractivity contribution in [3.8, 4) is 6.07 Å². The van der Waals surface area contributed by atoms with Gasteiger partial charge in [0.05, 0.1) is 0 Å². The molecule has 1 aliphatic rings. The van der Waals surface area contributed by atoms with Crippen molar-refractivity contribution in [1.29, 1.82) is 5.26 Å². The Morgan fingerprint density at radius 3 is 2.27 bits per heavy atom. The first-order valence-electron chi connectivity index (χ1n) is 3.44. The lowest BCUT2D eigenvalue weighted by Crippen LogP contribution is -2.20. The Labute approximate surface area is 64.8 Å². The minimum atomic E-state index is -1.02. The molecule has 0 radical (unpaired) electrons. The first-order valence-corrected chi connectivity index (χ1v) is 3.44. The highest BCUT2D eigenvalue weighted by Crippen LogP contribution is 2.26. The molecule has 5 heteroatoms. The zero-order chi connectivity index (χ0) is 8.32. The largest absolute Gasteiger partial charge is 0.279 e. The van der Waals surface area contributed by atoms with Gasteiger partial charge in [0.25, 0.3) is 5.66 Å². The zero-order valence-electron chi connectivity index (χ0n) is 6.52. The summed E-state index contributed by atoms with van der Waals surface area (Å²) in [5.74, 6) is 0.366. The summed E-state index contributed by atoms with van der Waals surface area (Å²) in [5, 5.41) is 22.7. The van der Waals surface area contributed by atoms with Gasteiger partial charge in [-0.3, -0.25) is 0 Å². The maximum absolute atomic E-state index is 8.71. The Hall–Kier alpha value is -1.31. The molecule has 1 rings (SSSR count). The van der Waals surface area contributed by atoms with Gasteiger partial charge >= 0.3 is 0 Å². The topological polar surface area (TPSA) is 73.2 Å². The summed E-state index contributed by atoms with van der Waals surface area (Å²) in [6.45, 7) is 4.00. The summed E-state index contributed by atoms with van der Waals surface area (Å²) in [6.07, 6.45) is 0.580. The number of hydrogen-bond acceptors (Lipinski definition) is 5. The number of nitrogens with zero attached hydrogens (tertiary/aromatic N) is 5. The number of rotatable bonds is 2. The SMILES string of the molecule is CC(C)CC1(C#N)N=NN=N1. The van der Waals surface area contributed by atoms with Gasteiger partial charge in [-0.25, -0.2) is 0 Å². The normalized spacial score (nSPS) is 19.1. The average Bonchev–Trinajstić information content (AvgIpc) is 2.36. The van der Waals surface area contributed by atoms with Gasteiger partial charge in [0.1, 0.15) is 6.07 Å². The Kier molecular flexibility index (Phi) is 1.94. The van der Waals surface area contributed by atoms with Crippen LogP contribution in [0, 0.1) is 17.2 Å². The van der Waals surface area contributed by atoms with Gasteiger partial charge in [0.2, 0.25) is 0 Å². The lowest BCUT2D eigenvalue weighted by atomic mass is 10.0. The second-order valence-corrected chi connectivity index (χ2v) is 2.91. The molecule has 58 valence electrons. The van der Waals surface area contributed by atoms with Gasteiger partial charge in [-0.15, -0.1) is 10.2 Å². The predicted molar refractivity (Wildman–Crippen MR) is 37.5 cm³/mol. The molecule has 0 atom stereocenters. The molecule has 5 nitrogen and oxygen atoms in total. The molecule has 0 saturated carbocycles. The van der Waals surface area contributed by atoms with E-state index >= 15 is 0 Å². The first-order chi connectivity index (χ1) is 5.18. The fourth-order valence-corrected chi connectivity index (χ4v) is 0.949. The van der Waals surface area contributed by atoms with E-state index in [2.05, 4.69) is 20.7 Å². The van der Waals surface area contributed by atoms with Crippen molar-refractivity contribution >= 4 is 0 Å². The van der Waals surface area contributed by atoms with E-state index in [0.717, 1.165) is 0 Å². The van der Waals surface area contributed by atoms with Crippen molar-refractivity contribution in [3.05, 3.63) is 0 Å². The van der Waals surface area contributed by atoms with E-state index in [4.69, 9.17) is 5.26 Å². The van der Waals surface area contributed by atoms with E-state index in [9.17, 15) is 0 Å². The Morgan fingerprint density at radius 2 is 1.91 bits per heavy atom. The van der Waals surface area contributed by atoms with Gasteiger partial charge in [0.15, 0.2) is 0 Å². The van der Waals surface area contributed by atoms with Crippen LogP contribution in [0.15, 0.2) is 20.7 Å². The first kappa shape index (κ1) is 7.79. The zero-order valence-corrected chi connectivity index (χ0v) is 6.52. The van der Waals surface area contributed by atoms with E-state index in [1.54, 1.807) is 0 Å². The van der Waals surface area contributed by atoms with Crippen LogP contribution in [0.2, 0.25) is 0 Å². The van der Waals surface area contributed by atoms with Crippen LogP contribution in [-0.2, 0) is 0 Å². The molecule has 1 aliphatic heterocycles. The van der Waals surface area contributed by atoms with E-state index in [0.29, 0.717) is 12.3 Å². The van der Waals surface area contributed by atoms with Crippen LogP contribution >= 0.6 is 0 Å². The van der Waals surface area contributed by atoms with Gasteiger partial charge in [-0.1, -0.05) is 13.8 Å². The smallest absolute Gasteiger partial charge is 0.193 e. The molecule has 1 heterocycles. The molecule has 0 aromatic carbocycles. The van der Waals surface area contributed by atoms with Gasteiger partial charge in [0, 0.05) is 6.42 Å². The quantitative estimate of drug-likeness (QED) is 0.595. The van der Waals surface area contributed by atoms with Crippen LogP contribution in [-0.4, -0.2) is 5.66 Å². The molecule has 0 fully saturated rings. The molecule has 0 amide bonds. The van der Waals surface area contributed by atoms with Gasteiger partial charge < -0.3 is 0 Å². The molecular weight excluding hydrogens is 142 g/mol. The van der Waals surface area contributed by atoms with Gasteiger partial charge in [-0.2, -0.15) is 5.26 Å².